The summed E-state index contributed by atoms with van der Waals surface area (Å²) in [7, 11) is 1.49. The number of hydrogen-bond donors (Lipinski definition) is 2. The maximum Gasteiger partial charge on any atom is 0.335 e. The summed E-state index contributed by atoms with van der Waals surface area (Å²) in [6.45, 7) is 4.04. The van der Waals surface area contributed by atoms with E-state index in [1.165, 1.54) is 30.2 Å². The average Bonchev–Trinajstić information content (AvgIpc) is 2.85. The first kappa shape index (κ1) is 25.6. The number of amides is 2. The Morgan fingerprint density at radius 2 is 1.68 bits per heavy atom. The molecule has 2 amide bonds. The molecule has 0 unspecified atom stereocenters. The molecule has 188 valence electrons. The zero-order valence-electron chi connectivity index (χ0n) is 20.4. The average molecular weight is 517 g/mol. The van der Waals surface area contributed by atoms with Crippen molar-refractivity contribution in [3.63, 3.8) is 0 Å². The number of aryl methyl sites for hydroxylation is 2. The molecular formula is C28H24N2O6S. The van der Waals surface area contributed by atoms with Crippen LogP contribution in [-0.2, 0) is 16.2 Å². The minimum absolute atomic E-state index is 0.0230. The van der Waals surface area contributed by atoms with Crippen molar-refractivity contribution in [2.24, 2.45) is 0 Å². The molecule has 1 fully saturated rings. The smallest absolute Gasteiger partial charge is 0.335 e. The molecule has 0 radical (unpaired) electrons. The Morgan fingerprint density at radius 1 is 1.00 bits per heavy atom. The third-order valence-corrected chi connectivity index (χ3v) is 5.94. The third kappa shape index (κ3) is 5.68. The van der Waals surface area contributed by atoms with Crippen molar-refractivity contribution in [1.29, 1.82) is 0 Å². The molecule has 3 aromatic rings. The number of methoxy groups -OCH3 is 1. The van der Waals surface area contributed by atoms with Crippen LogP contribution in [0.5, 0.6) is 11.5 Å². The van der Waals surface area contributed by atoms with Crippen LogP contribution in [0.1, 0.15) is 32.6 Å². The van der Waals surface area contributed by atoms with E-state index in [-0.39, 0.29) is 22.9 Å². The molecule has 1 saturated heterocycles. The van der Waals surface area contributed by atoms with Gasteiger partial charge in [-0.25, -0.2) is 4.79 Å². The molecule has 4 rings (SSSR count). The Bertz CT molecular complexity index is 1430. The van der Waals surface area contributed by atoms with Gasteiger partial charge in [-0.05, 0) is 90.8 Å². The highest BCUT2D eigenvalue weighted by Gasteiger charge is 2.34. The van der Waals surface area contributed by atoms with Gasteiger partial charge in [0, 0.05) is 0 Å². The molecule has 0 atom stereocenters. The zero-order chi connectivity index (χ0) is 26.7. The fourth-order valence-corrected chi connectivity index (χ4v) is 4.22. The Morgan fingerprint density at radius 3 is 2.30 bits per heavy atom. The minimum Gasteiger partial charge on any atom is -0.493 e. The van der Waals surface area contributed by atoms with Crippen molar-refractivity contribution in [3.05, 3.63) is 94.1 Å². The van der Waals surface area contributed by atoms with Crippen LogP contribution in [-0.4, -0.2) is 35.1 Å². The summed E-state index contributed by atoms with van der Waals surface area (Å²) >= 11 is 5.29. The Kier molecular flexibility index (Phi) is 7.35. The van der Waals surface area contributed by atoms with Gasteiger partial charge >= 0.3 is 5.97 Å². The van der Waals surface area contributed by atoms with E-state index >= 15 is 0 Å². The van der Waals surface area contributed by atoms with Crippen LogP contribution < -0.4 is 19.7 Å². The molecule has 0 spiro atoms. The normalized spacial score (nSPS) is 14.5. The number of carbonyl (C=O) groups excluding carboxylic acids is 2. The fourth-order valence-electron chi connectivity index (χ4n) is 3.94. The molecule has 0 aliphatic carbocycles. The van der Waals surface area contributed by atoms with E-state index < -0.39 is 17.8 Å². The lowest BCUT2D eigenvalue weighted by Gasteiger charge is -2.29. The summed E-state index contributed by atoms with van der Waals surface area (Å²) in [5.74, 6) is -1.25. The standard InChI is InChI=1S/C28H24N2O6S/c1-16-10-17(2)12-21(11-16)30-26(32)22(25(31)29-28(30)37)13-19-6-9-23(24(14-19)35-3)36-15-18-4-7-20(8-5-18)27(33)34/h4-14H,15H2,1-3H3,(H,33,34)(H,29,31,37). The predicted octanol–water partition coefficient (Wildman–Crippen LogP) is 4.42. The lowest BCUT2D eigenvalue weighted by Crippen LogP contribution is -2.54. The molecule has 3 aromatic carbocycles. The number of nitrogens with one attached hydrogen (secondary N) is 1. The van der Waals surface area contributed by atoms with Gasteiger partial charge in [0.2, 0.25) is 0 Å². The molecule has 37 heavy (non-hydrogen) atoms. The number of anilines is 1. The van der Waals surface area contributed by atoms with Crippen LogP contribution >= 0.6 is 12.2 Å². The van der Waals surface area contributed by atoms with Crippen LogP contribution in [0.15, 0.2) is 66.2 Å². The number of benzene rings is 3. The summed E-state index contributed by atoms with van der Waals surface area (Å²) in [4.78, 5) is 38.3. The highest BCUT2D eigenvalue weighted by atomic mass is 32.1. The molecule has 0 saturated carbocycles. The number of aromatic carboxylic acids is 1. The van der Waals surface area contributed by atoms with Gasteiger partial charge in [-0.15, -0.1) is 0 Å². The van der Waals surface area contributed by atoms with Crippen molar-refractivity contribution >= 4 is 46.9 Å². The number of carboxylic acids is 1. The molecule has 8 nitrogen and oxygen atoms in total. The Hall–Kier alpha value is -4.50. The predicted molar refractivity (Wildman–Crippen MR) is 143 cm³/mol. The third-order valence-electron chi connectivity index (χ3n) is 5.66. The maximum atomic E-state index is 13.3. The van der Waals surface area contributed by atoms with Crippen LogP contribution in [0.3, 0.4) is 0 Å². The van der Waals surface area contributed by atoms with E-state index in [2.05, 4.69) is 5.32 Å². The largest absolute Gasteiger partial charge is 0.493 e. The number of carbonyl (C=O) groups is 3. The van der Waals surface area contributed by atoms with Gasteiger partial charge in [-0.1, -0.05) is 24.3 Å². The highest BCUT2D eigenvalue weighted by Crippen LogP contribution is 2.31. The van der Waals surface area contributed by atoms with E-state index in [0.717, 1.165) is 16.7 Å². The zero-order valence-corrected chi connectivity index (χ0v) is 21.2. The van der Waals surface area contributed by atoms with Gasteiger partial charge in [0.1, 0.15) is 12.2 Å². The minimum atomic E-state index is -0.997. The first-order valence-electron chi connectivity index (χ1n) is 11.3. The Balaban J connectivity index is 1.57. The summed E-state index contributed by atoms with van der Waals surface area (Å²) in [6.07, 6.45) is 1.48. The first-order valence-corrected chi connectivity index (χ1v) is 11.7. The van der Waals surface area contributed by atoms with Crippen LogP contribution in [0.25, 0.3) is 6.08 Å². The van der Waals surface area contributed by atoms with Gasteiger partial charge in [0.25, 0.3) is 11.8 Å². The first-order chi connectivity index (χ1) is 17.7. The number of rotatable bonds is 7. The summed E-state index contributed by atoms with van der Waals surface area (Å²) in [5.41, 5.74) is 3.97. The number of nitrogens with zero attached hydrogens (tertiary/aromatic N) is 1. The van der Waals surface area contributed by atoms with Crippen molar-refractivity contribution in [2.75, 3.05) is 12.0 Å². The van der Waals surface area contributed by atoms with Gasteiger partial charge < -0.3 is 14.6 Å². The van der Waals surface area contributed by atoms with Crippen molar-refractivity contribution < 1.29 is 29.0 Å². The fraction of sp³-hybridized carbons (Fsp3) is 0.143. The van der Waals surface area contributed by atoms with Gasteiger partial charge in [0.15, 0.2) is 16.6 Å². The second-order valence-electron chi connectivity index (χ2n) is 8.50. The molecule has 2 N–H and O–H groups in total. The molecule has 0 aromatic heterocycles. The second-order valence-corrected chi connectivity index (χ2v) is 8.89. The number of thiocarbonyl (C=S) groups is 1. The van der Waals surface area contributed by atoms with Crippen molar-refractivity contribution in [3.8, 4) is 11.5 Å². The van der Waals surface area contributed by atoms with E-state index in [4.69, 9.17) is 26.8 Å². The van der Waals surface area contributed by atoms with Gasteiger partial charge in [0.05, 0.1) is 18.4 Å². The Labute approximate surface area is 219 Å². The molecular weight excluding hydrogens is 492 g/mol. The van der Waals surface area contributed by atoms with Crippen LogP contribution in [0, 0.1) is 13.8 Å². The number of hydrogen-bond acceptors (Lipinski definition) is 6. The van der Waals surface area contributed by atoms with Gasteiger partial charge in [-0.2, -0.15) is 0 Å². The van der Waals surface area contributed by atoms with Crippen molar-refractivity contribution in [1.82, 2.24) is 5.32 Å². The topological polar surface area (TPSA) is 105 Å². The number of carboxylic acid groups (broad SMARTS) is 1. The van der Waals surface area contributed by atoms with Crippen molar-refractivity contribution in [2.45, 2.75) is 20.5 Å². The van der Waals surface area contributed by atoms with E-state index in [0.29, 0.717) is 22.7 Å². The number of ether oxygens (including phenoxy) is 2. The molecule has 0 bridgehead atoms. The van der Waals surface area contributed by atoms with Gasteiger partial charge in [-0.3, -0.25) is 19.8 Å². The maximum absolute atomic E-state index is 13.3. The monoisotopic (exact) mass is 516 g/mol. The molecule has 1 aliphatic heterocycles. The second kappa shape index (κ2) is 10.6. The SMILES string of the molecule is COc1cc(C=C2C(=O)NC(=S)N(c3cc(C)cc(C)c3)C2=O)ccc1OCc1ccc(C(=O)O)cc1. The highest BCUT2D eigenvalue weighted by molar-refractivity contribution is 7.80. The summed E-state index contributed by atoms with van der Waals surface area (Å²) < 4.78 is 11.3. The molecule has 1 heterocycles. The summed E-state index contributed by atoms with van der Waals surface area (Å²) in [6, 6.07) is 17.0. The van der Waals surface area contributed by atoms with E-state index in [9.17, 15) is 14.4 Å². The van der Waals surface area contributed by atoms with E-state index in [1.807, 2.05) is 32.0 Å². The van der Waals surface area contributed by atoms with Crippen LogP contribution in [0.4, 0.5) is 5.69 Å². The summed E-state index contributed by atoms with van der Waals surface area (Å²) in [5, 5.41) is 11.6. The van der Waals surface area contributed by atoms with E-state index in [1.54, 1.807) is 30.3 Å². The molecule has 1 aliphatic rings. The lowest BCUT2D eigenvalue weighted by molar-refractivity contribution is -0.122. The lowest BCUT2D eigenvalue weighted by atomic mass is 10.1. The molecule has 9 heteroatoms. The quantitative estimate of drug-likeness (QED) is 0.272. The van der Waals surface area contributed by atoms with Crippen LogP contribution in [0.2, 0.25) is 0 Å².